The zero-order chi connectivity index (χ0) is 21.3. The van der Waals surface area contributed by atoms with Crippen LogP contribution in [-0.4, -0.2) is 58.4 Å². The smallest absolute Gasteiger partial charge is 0.254 e. The van der Waals surface area contributed by atoms with Gasteiger partial charge in [-0.15, -0.1) is 0 Å². The molecule has 2 fully saturated rings. The van der Waals surface area contributed by atoms with E-state index in [1.165, 1.54) is 6.20 Å². The average molecular weight is 409 g/mol. The number of primary amides is 1. The Kier molecular flexibility index (Phi) is 5.43. The van der Waals surface area contributed by atoms with Gasteiger partial charge in [-0.3, -0.25) is 9.59 Å². The Morgan fingerprint density at radius 2 is 1.90 bits per heavy atom. The van der Waals surface area contributed by atoms with Crippen molar-refractivity contribution >= 4 is 35.0 Å². The lowest BCUT2D eigenvalue weighted by Gasteiger charge is -2.40. The fourth-order valence-electron chi connectivity index (χ4n) is 3.70. The lowest BCUT2D eigenvalue weighted by Crippen LogP contribution is -2.53. The number of hydrogen-bond acceptors (Lipinski definition) is 7. The first-order valence-electron chi connectivity index (χ1n) is 10.2. The SMILES string of the molecule is CC(=O)N1CCN(c2ccc(Nc3ncc(C(N)=O)c(NC4CC4)n3)cc2)C[C@H]1C. The Bertz CT molecular complexity index is 943. The van der Waals surface area contributed by atoms with Crippen molar-refractivity contribution in [3.05, 3.63) is 36.0 Å². The van der Waals surface area contributed by atoms with Crippen molar-refractivity contribution in [3.8, 4) is 0 Å². The van der Waals surface area contributed by atoms with E-state index < -0.39 is 5.91 Å². The van der Waals surface area contributed by atoms with E-state index in [1.54, 1.807) is 6.92 Å². The zero-order valence-corrected chi connectivity index (χ0v) is 17.3. The number of carbonyl (C=O) groups is 2. The fourth-order valence-corrected chi connectivity index (χ4v) is 3.70. The molecule has 1 aromatic carbocycles. The molecule has 1 aromatic heterocycles. The molecule has 2 aromatic rings. The van der Waals surface area contributed by atoms with Crippen LogP contribution in [0.25, 0.3) is 0 Å². The van der Waals surface area contributed by atoms with Gasteiger partial charge in [0, 0.05) is 56.2 Å². The summed E-state index contributed by atoms with van der Waals surface area (Å²) < 4.78 is 0. The van der Waals surface area contributed by atoms with Crippen molar-refractivity contribution in [1.82, 2.24) is 14.9 Å². The van der Waals surface area contributed by atoms with Crippen LogP contribution in [0, 0.1) is 0 Å². The number of amides is 2. The second-order valence-corrected chi connectivity index (χ2v) is 7.92. The summed E-state index contributed by atoms with van der Waals surface area (Å²) in [5.74, 6) is 0.448. The molecule has 1 saturated carbocycles. The van der Waals surface area contributed by atoms with Crippen LogP contribution in [0.5, 0.6) is 0 Å². The van der Waals surface area contributed by atoms with E-state index in [-0.39, 0.29) is 11.9 Å². The minimum Gasteiger partial charge on any atom is -0.368 e. The quantitative estimate of drug-likeness (QED) is 0.668. The number of nitrogens with two attached hydrogens (primary N) is 1. The predicted molar refractivity (Wildman–Crippen MR) is 116 cm³/mol. The second-order valence-electron chi connectivity index (χ2n) is 7.92. The van der Waals surface area contributed by atoms with Crippen molar-refractivity contribution in [2.45, 2.75) is 38.8 Å². The van der Waals surface area contributed by atoms with Gasteiger partial charge in [0.25, 0.3) is 5.91 Å². The topological polar surface area (TPSA) is 116 Å². The molecule has 4 rings (SSSR count). The largest absolute Gasteiger partial charge is 0.368 e. The molecule has 1 aliphatic heterocycles. The molecule has 4 N–H and O–H groups in total. The van der Waals surface area contributed by atoms with Gasteiger partial charge < -0.3 is 26.2 Å². The van der Waals surface area contributed by atoms with Crippen molar-refractivity contribution in [1.29, 1.82) is 0 Å². The first kappa shape index (κ1) is 19.9. The van der Waals surface area contributed by atoms with Crippen molar-refractivity contribution in [2.75, 3.05) is 35.2 Å². The van der Waals surface area contributed by atoms with E-state index in [1.807, 2.05) is 29.2 Å². The summed E-state index contributed by atoms with van der Waals surface area (Å²) in [6, 6.07) is 8.55. The number of aromatic nitrogens is 2. The third kappa shape index (κ3) is 4.45. The molecule has 0 unspecified atom stereocenters. The van der Waals surface area contributed by atoms with Crippen LogP contribution in [0.4, 0.5) is 23.1 Å². The Balaban J connectivity index is 1.43. The van der Waals surface area contributed by atoms with E-state index in [9.17, 15) is 9.59 Å². The number of benzene rings is 1. The number of nitrogens with zero attached hydrogens (tertiary/aromatic N) is 4. The van der Waals surface area contributed by atoms with E-state index >= 15 is 0 Å². The number of anilines is 4. The lowest BCUT2D eigenvalue weighted by molar-refractivity contribution is -0.131. The molecule has 2 amide bonds. The molecule has 0 bridgehead atoms. The van der Waals surface area contributed by atoms with Crippen molar-refractivity contribution < 1.29 is 9.59 Å². The molecule has 9 heteroatoms. The van der Waals surface area contributed by atoms with Gasteiger partial charge in [0.15, 0.2) is 0 Å². The van der Waals surface area contributed by atoms with Crippen molar-refractivity contribution in [2.24, 2.45) is 5.73 Å². The van der Waals surface area contributed by atoms with Crippen LogP contribution in [0.2, 0.25) is 0 Å². The highest BCUT2D eigenvalue weighted by atomic mass is 16.2. The maximum Gasteiger partial charge on any atom is 0.254 e. The summed E-state index contributed by atoms with van der Waals surface area (Å²) in [4.78, 5) is 36.1. The van der Waals surface area contributed by atoms with E-state index in [4.69, 9.17) is 5.73 Å². The van der Waals surface area contributed by atoms with E-state index in [0.29, 0.717) is 23.4 Å². The Morgan fingerprint density at radius 3 is 2.50 bits per heavy atom. The minimum absolute atomic E-state index is 0.125. The zero-order valence-electron chi connectivity index (χ0n) is 17.3. The number of hydrogen-bond donors (Lipinski definition) is 3. The van der Waals surface area contributed by atoms with Crippen molar-refractivity contribution in [3.63, 3.8) is 0 Å². The molecule has 9 nitrogen and oxygen atoms in total. The van der Waals surface area contributed by atoms with E-state index in [0.717, 1.165) is 43.9 Å². The molecule has 30 heavy (non-hydrogen) atoms. The van der Waals surface area contributed by atoms with Gasteiger partial charge in [-0.1, -0.05) is 0 Å². The molecule has 0 radical (unpaired) electrons. The average Bonchev–Trinajstić information content (AvgIpc) is 3.52. The molecular formula is C21H27N7O2. The monoisotopic (exact) mass is 409 g/mol. The summed E-state index contributed by atoms with van der Waals surface area (Å²) in [5, 5.41) is 6.41. The molecule has 2 heterocycles. The summed E-state index contributed by atoms with van der Waals surface area (Å²) >= 11 is 0. The highest BCUT2D eigenvalue weighted by Crippen LogP contribution is 2.27. The molecule has 158 valence electrons. The predicted octanol–water partition coefficient (Wildman–Crippen LogP) is 1.95. The Morgan fingerprint density at radius 1 is 1.17 bits per heavy atom. The molecule has 1 atom stereocenters. The number of nitrogens with one attached hydrogen (secondary N) is 2. The molecule has 1 saturated heterocycles. The van der Waals surface area contributed by atoms with Gasteiger partial charge in [0.05, 0.1) is 5.56 Å². The third-order valence-corrected chi connectivity index (χ3v) is 5.49. The van der Waals surface area contributed by atoms with Gasteiger partial charge in [0.2, 0.25) is 11.9 Å². The van der Waals surface area contributed by atoms with Crippen LogP contribution in [0.3, 0.4) is 0 Å². The van der Waals surface area contributed by atoms with Crippen LogP contribution < -0.4 is 21.3 Å². The first-order chi connectivity index (χ1) is 14.4. The second kappa shape index (κ2) is 8.17. The van der Waals surface area contributed by atoms with Crippen LogP contribution in [-0.2, 0) is 4.79 Å². The Labute approximate surface area is 175 Å². The minimum atomic E-state index is -0.548. The van der Waals surface area contributed by atoms with E-state index in [2.05, 4.69) is 32.4 Å². The van der Waals surface area contributed by atoms with Gasteiger partial charge in [-0.25, -0.2) is 4.98 Å². The third-order valence-electron chi connectivity index (χ3n) is 5.49. The summed E-state index contributed by atoms with van der Waals surface area (Å²) in [7, 11) is 0. The van der Waals surface area contributed by atoms with Gasteiger partial charge in [0.1, 0.15) is 5.82 Å². The van der Waals surface area contributed by atoms with Gasteiger partial charge in [-0.05, 0) is 44.0 Å². The number of piperazine rings is 1. The highest BCUT2D eigenvalue weighted by Gasteiger charge is 2.26. The lowest BCUT2D eigenvalue weighted by atomic mass is 10.1. The Hall–Kier alpha value is -3.36. The maximum atomic E-state index is 11.7. The number of carbonyl (C=O) groups excluding carboxylic acids is 2. The molecule has 1 aliphatic carbocycles. The summed E-state index contributed by atoms with van der Waals surface area (Å²) in [6.45, 7) is 6.04. The standard InChI is InChI=1S/C21H27N7O2/c1-13-12-27(9-10-28(13)14(2)29)17-7-5-16(6-8-17)25-21-23-11-18(19(22)30)20(26-21)24-15-3-4-15/h5-8,11,13,15H,3-4,9-10,12H2,1-2H3,(H2,22,30)(H2,23,24,25,26)/t13-/m1/s1. The highest BCUT2D eigenvalue weighted by molar-refractivity contribution is 5.97. The number of rotatable bonds is 6. The first-order valence-corrected chi connectivity index (χ1v) is 10.2. The molecular weight excluding hydrogens is 382 g/mol. The van der Waals surface area contributed by atoms with Gasteiger partial charge in [-0.2, -0.15) is 4.98 Å². The fraction of sp³-hybridized carbons (Fsp3) is 0.429. The summed E-state index contributed by atoms with van der Waals surface area (Å²) in [6.07, 6.45) is 3.57. The normalized spacial score (nSPS) is 18.8. The van der Waals surface area contributed by atoms with Gasteiger partial charge >= 0.3 is 0 Å². The molecule has 2 aliphatic rings. The van der Waals surface area contributed by atoms with Crippen LogP contribution in [0.15, 0.2) is 30.5 Å². The van der Waals surface area contributed by atoms with Crippen LogP contribution >= 0.6 is 0 Å². The maximum absolute atomic E-state index is 11.7. The van der Waals surface area contributed by atoms with Crippen LogP contribution in [0.1, 0.15) is 37.0 Å². The summed E-state index contributed by atoms with van der Waals surface area (Å²) in [5.41, 5.74) is 7.68. The molecule has 0 spiro atoms.